The lowest BCUT2D eigenvalue weighted by Crippen LogP contribution is -2.58. The van der Waals surface area contributed by atoms with Crippen molar-refractivity contribution in [1.29, 1.82) is 0 Å². The van der Waals surface area contributed by atoms with E-state index in [2.05, 4.69) is 35.9 Å². The van der Waals surface area contributed by atoms with E-state index in [1.54, 1.807) is 18.5 Å². The third kappa shape index (κ3) is 8.24. The number of nitrogens with one attached hydrogen (secondary N) is 6. The fourth-order valence-electron chi connectivity index (χ4n) is 5.54. The molecule has 250 valence electrons. The predicted octanol–water partition coefficient (Wildman–Crippen LogP) is 1.13. The first-order valence-electron chi connectivity index (χ1n) is 15.3. The first kappa shape index (κ1) is 33.4. The van der Waals surface area contributed by atoms with Crippen LogP contribution in [0.25, 0.3) is 21.8 Å². The zero-order valence-corrected chi connectivity index (χ0v) is 25.7. The number of hydrogen-bond acceptors (Lipinski definition) is 7. The van der Waals surface area contributed by atoms with E-state index in [0.717, 1.165) is 27.4 Å². The zero-order valence-electron chi connectivity index (χ0n) is 25.7. The van der Waals surface area contributed by atoms with Gasteiger partial charge in [-0.25, -0.2) is 9.78 Å². The molecular weight excluding hydrogens is 620 g/mol. The molecule has 2 aromatic carbocycles. The third-order valence-electron chi connectivity index (χ3n) is 8.06. The SMILES string of the molecule is NC(Cc1c[nH]c2ccccc12)C(=O)NC(Cc1cnc[nH]1)C(=O)NC(CCC(=O)O)C(=O)NC(Cc1c[nH]c2ccccc12)C(=O)O. The molecule has 5 rings (SSSR count). The number of carboxylic acid groups (broad SMARTS) is 2. The molecule has 15 heteroatoms. The minimum atomic E-state index is -1.43. The first-order valence-corrected chi connectivity index (χ1v) is 15.3. The number of nitrogens with zero attached hydrogens (tertiary/aromatic N) is 1. The Labute approximate surface area is 273 Å². The van der Waals surface area contributed by atoms with Gasteiger partial charge in [0.2, 0.25) is 17.7 Å². The van der Waals surface area contributed by atoms with Crippen molar-refractivity contribution >= 4 is 51.5 Å². The number of aromatic amines is 3. The number of amides is 3. The van der Waals surface area contributed by atoms with E-state index in [1.807, 2.05) is 42.5 Å². The van der Waals surface area contributed by atoms with Crippen LogP contribution in [-0.4, -0.2) is 84.0 Å². The molecule has 4 atom stereocenters. The summed E-state index contributed by atoms with van der Waals surface area (Å²) in [6.07, 6.45) is 5.50. The summed E-state index contributed by atoms with van der Waals surface area (Å²) in [5.41, 5.74) is 9.90. The van der Waals surface area contributed by atoms with Crippen molar-refractivity contribution in [3.63, 3.8) is 0 Å². The van der Waals surface area contributed by atoms with Gasteiger partial charge in [-0.2, -0.15) is 0 Å². The van der Waals surface area contributed by atoms with Gasteiger partial charge in [0.15, 0.2) is 0 Å². The van der Waals surface area contributed by atoms with E-state index in [1.165, 1.54) is 12.5 Å². The Kier molecular flexibility index (Phi) is 10.5. The van der Waals surface area contributed by atoms with Crippen LogP contribution >= 0.6 is 0 Å². The van der Waals surface area contributed by atoms with Crippen LogP contribution < -0.4 is 21.7 Å². The number of hydrogen-bond donors (Lipinski definition) is 9. The second kappa shape index (κ2) is 15.1. The number of fused-ring (bicyclic) bond motifs is 2. The van der Waals surface area contributed by atoms with Crippen LogP contribution in [0.15, 0.2) is 73.4 Å². The van der Waals surface area contributed by atoms with Gasteiger partial charge in [0.1, 0.15) is 18.1 Å². The molecule has 0 saturated heterocycles. The maximum absolute atomic E-state index is 13.6. The molecule has 10 N–H and O–H groups in total. The van der Waals surface area contributed by atoms with E-state index in [4.69, 9.17) is 5.73 Å². The molecule has 0 aliphatic carbocycles. The Morgan fingerprint density at radius 3 is 1.85 bits per heavy atom. The summed E-state index contributed by atoms with van der Waals surface area (Å²) in [5, 5.41) is 28.6. The predicted molar refractivity (Wildman–Crippen MR) is 175 cm³/mol. The van der Waals surface area contributed by atoms with E-state index in [9.17, 15) is 34.2 Å². The molecule has 3 amide bonds. The van der Waals surface area contributed by atoms with Gasteiger partial charge in [-0.3, -0.25) is 19.2 Å². The minimum Gasteiger partial charge on any atom is -0.481 e. The number of aromatic nitrogens is 4. The highest BCUT2D eigenvalue weighted by atomic mass is 16.4. The monoisotopic (exact) mass is 656 g/mol. The summed E-state index contributed by atoms with van der Waals surface area (Å²) in [4.78, 5) is 77.0. The van der Waals surface area contributed by atoms with Crippen LogP contribution in [0.1, 0.15) is 29.7 Å². The molecule has 0 radical (unpaired) electrons. The Bertz CT molecular complexity index is 1910. The average molecular weight is 657 g/mol. The molecule has 0 spiro atoms. The van der Waals surface area contributed by atoms with Crippen LogP contribution in [0, 0.1) is 0 Å². The third-order valence-corrected chi connectivity index (χ3v) is 8.06. The molecule has 0 bridgehead atoms. The highest BCUT2D eigenvalue weighted by Crippen LogP contribution is 2.20. The van der Waals surface area contributed by atoms with Gasteiger partial charge in [-0.1, -0.05) is 36.4 Å². The number of carbonyl (C=O) groups excluding carboxylic acids is 3. The van der Waals surface area contributed by atoms with Gasteiger partial charge in [0, 0.05) is 65.4 Å². The number of nitrogens with two attached hydrogens (primary N) is 1. The van der Waals surface area contributed by atoms with Crippen molar-refractivity contribution in [3.8, 4) is 0 Å². The summed E-state index contributed by atoms with van der Waals surface area (Å²) in [6.45, 7) is 0. The summed E-state index contributed by atoms with van der Waals surface area (Å²) in [5.74, 6) is -4.85. The molecule has 0 aliphatic heterocycles. The van der Waals surface area contributed by atoms with Gasteiger partial charge in [-0.15, -0.1) is 0 Å². The van der Waals surface area contributed by atoms with Crippen LogP contribution in [0.3, 0.4) is 0 Å². The summed E-state index contributed by atoms with van der Waals surface area (Å²) >= 11 is 0. The van der Waals surface area contributed by atoms with Crippen molar-refractivity contribution in [2.75, 3.05) is 0 Å². The van der Waals surface area contributed by atoms with Gasteiger partial charge < -0.3 is 46.8 Å². The zero-order chi connectivity index (χ0) is 34.2. The topological polar surface area (TPSA) is 248 Å². The van der Waals surface area contributed by atoms with Gasteiger partial charge in [0.05, 0.1) is 12.4 Å². The quantitative estimate of drug-likeness (QED) is 0.0737. The lowest BCUT2D eigenvalue weighted by atomic mass is 10.0. The lowest BCUT2D eigenvalue weighted by molar-refractivity contribution is -0.143. The molecule has 0 aliphatic rings. The normalized spacial score (nSPS) is 13.8. The smallest absolute Gasteiger partial charge is 0.326 e. The van der Waals surface area contributed by atoms with E-state index in [0.29, 0.717) is 11.3 Å². The molecule has 3 aromatic heterocycles. The van der Waals surface area contributed by atoms with E-state index >= 15 is 0 Å². The highest BCUT2D eigenvalue weighted by molar-refractivity contribution is 5.95. The molecule has 0 fully saturated rings. The Balaban J connectivity index is 1.30. The Hall–Kier alpha value is -5.96. The molecule has 4 unspecified atom stereocenters. The van der Waals surface area contributed by atoms with E-state index < -0.39 is 60.2 Å². The minimum absolute atomic E-state index is 0.0526. The van der Waals surface area contributed by atoms with Crippen molar-refractivity contribution in [2.45, 2.75) is 56.3 Å². The number of aliphatic carboxylic acids is 2. The largest absolute Gasteiger partial charge is 0.481 e. The number of carboxylic acids is 2. The number of imidazole rings is 1. The van der Waals surface area contributed by atoms with Crippen molar-refractivity contribution in [2.24, 2.45) is 5.73 Å². The molecule has 15 nitrogen and oxygen atoms in total. The summed E-state index contributed by atoms with van der Waals surface area (Å²) in [7, 11) is 0. The van der Waals surface area contributed by atoms with Crippen molar-refractivity contribution in [1.82, 2.24) is 35.9 Å². The highest BCUT2D eigenvalue weighted by Gasteiger charge is 2.31. The Morgan fingerprint density at radius 1 is 0.708 bits per heavy atom. The number of para-hydroxylation sites is 2. The summed E-state index contributed by atoms with van der Waals surface area (Å²) < 4.78 is 0. The molecule has 3 heterocycles. The fourth-order valence-corrected chi connectivity index (χ4v) is 5.54. The van der Waals surface area contributed by atoms with Crippen LogP contribution in [-0.2, 0) is 43.2 Å². The maximum atomic E-state index is 13.6. The summed E-state index contributed by atoms with van der Waals surface area (Å²) in [6, 6.07) is 9.73. The van der Waals surface area contributed by atoms with E-state index in [-0.39, 0.29) is 25.7 Å². The molecule has 5 aromatic rings. The van der Waals surface area contributed by atoms with Crippen molar-refractivity contribution < 1.29 is 34.2 Å². The van der Waals surface area contributed by atoms with Gasteiger partial charge in [0.25, 0.3) is 0 Å². The molecular formula is C33H36N8O7. The Morgan fingerprint density at radius 2 is 1.27 bits per heavy atom. The second-order valence-corrected chi connectivity index (χ2v) is 11.5. The number of carbonyl (C=O) groups is 5. The lowest BCUT2D eigenvalue weighted by Gasteiger charge is -2.25. The average Bonchev–Trinajstić information content (AvgIpc) is 3.83. The van der Waals surface area contributed by atoms with Gasteiger partial charge in [-0.05, 0) is 36.1 Å². The number of benzene rings is 2. The second-order valence-electron chi connectivity index (χ2n) is 11.5. The molecule has 0 saturated carbocycles. The van der Waals surface area contributed by atoms with Gasteiger partial charge >= 0.3 is 11.9 Å². The first-order chi connectivity index (χ1) is 23.1. The van der Waals surface area contributed by atoms with Crippen molar-refractivity contribution in [3.05, 3.63) is 90.3 Å². The number of rotatable bonds is 16. The molecule has 48 heavy (non-hydrogen) atoms. The van der Waals surface area contributed by atoms with Crippen LogP contribution in [0.2, 0.25) is 0 Å². The fraction of sp³-hybridized carbons (Fsp3) is 0.273. The van der Waals surface area contributed by atoms with Crippen LogP contribution in [0.5, 0.6) is 0 Å². The number of H-pyrrole nitrogens is 3. The standard InChI is InChI=1S/C33H36N8O7/c34-23(11-18-14-36-24-7-3-1-5-21(18)24)30(44)40-27(13-20-16-35-17-38-20)32(46)39-26(9-10-29(42)43)31(45)41-28(33(47)48)12-19-15-37-25-8-4-2-6-22(19)25/h1-8,14-17,23,26-28,36-37H,9-13,34H2,(H,35,38)(H,39,46)(H,40,44)(H,41,45)(H,42,43)(H,47,48). The maximum Gasteiger partial charge on any atom is 0.326 e. The van der Waals surface area contributed by atoms with Crippen LogP contribution in [0.4, 0.5) is 0 Å².